The molecule has 20 heavy (non-hydrogen) atoms. The van der Waals surface area contributed by atoms with Crippen molar-refractivity contribution in [3.63, 3.8) is 0 Å². The van der Waals surface area contributed by atoms with Crippen molar-refractivity contribution in [3.8, 4) is 11.4 Å². The molecule has 0 spiro atoms. The molecule has 0 aliphatic rings. The predicted octanol–water partition coefficient (Wildman–Crippen LogP) is 2.50. The molecule has 0 bridgehead atoms. The van der Waals surface area contributed by atoms with Gasteiger partial charge in [-0.05, 0) is 24.3 Å². The van der Waals surface area contributed by atoms with Crippen LogP contribution in [0.4, 0.5) is 5.69 Å². The molecule has 100 valence electrons. The maximum atomic E-state index is 10.8. The summed E-state index contributed by atoms with van der Waals surface area (Å²) in [6.07, 6.45) is 1.69. The number of fused-ring (bicyclic) bond motifs is 1. The summed E-state index contributed by atoms with van der Waals surface area (Å²) in [5.41, 5.74) is 2.49. The molecule has 1 unspecified atom stereocenters. The molecule has 0 fully saturated rings. The number of benzene rings is 1. The van der Waals surface area contributed by atoms with E-state index in [9.17, 15) is 8.76 Å². The van der Waals surface area contributed by atoms with Crippen LogP contribution in [-0.2, 0) is 11.3 Å². The first-order chi connectivity index (χ1) is 9.74. The van der Waals surface area contributed by atoms with Gasteiger partial charge in [0, 0.05) is 22.8 Å². The molecule has 0 saturated heterocycles. The Morgan fingerprint density at radius 2 is 1.90 bits per heavy atom. The molecule has 3 rings (SSSR count). The van der Waals surface area contributed by atoms with Crippen LogP contribution in [0.2, 0.25) is 0 Å². The number of nitrogens with zero attached hydrogens (tertiary/aromatic N) is 2. The van der Waals surface area contributed by atoms with Crippen molar-refractivity contribution >= 4 is 27.9 Å². The third kappa shape index (κ3) is 2.52. The number of aromatic nitrogens is 2. The fourth-order valence-corrected chi connectivity index (χ4v) is 2.32. The zero-order valence-electron chi connectivity index (χ0n) is 10.3. The lowest BCUT2D eigenvalue weighted by Crippen LogP contribution is -2.03. The van der Waals surface area contributed by atoms with Gasteiger partial charge < -0.3 is 9.27 Å². The molecule has 5 nitrogen and oxygen atoms in total. The summed E-state index contributed by atoms with van der Waals surface area (Å²) < 4.78 is 24.0. The van der Waals surface area contributed by atoms with Crippen LogP contribution in [-0.4, -0.2) is 18.7 Å². The summed E-state index contributed by atoms with van der Waals surface area (Å²) in [5.74, 6) is 0. The van der Waals surface area contributed by atoms with Gasteiger partial charge in [-0.1, -0.05) is 24.3 Å². The van der Waals surface area contributed by atoms with E-state index in [2.05, 4.69) is 14.7 Å². The van der Waals surface area contributed by atoms with E-state index in [0.717, 1.165) is 11.1 Å². The molecular formula is C14H10N3O2S-. The van der Waals surface area contributed by atoms with E-state index in [1.54, 1.807) is 18.3 Å². The number of anilines is 1. The molecule has 0 aliphatic heterocycles. The van der Waals surface area contributed by atoms with E-state index < -0.39 is 11.3 Å². The number of pyridine rings is 2. The Balaban J connectivity index is 2.16. The molecule has 0 amide bonds. The van der Waals surface area contributed by atoms with E-state index in [1.807, 2.05) is 36.4 Å². The van der Waals surface area contributed by atoms with Crippen LogP contribution in [0.1, 0.15) is 0 Å². The lowest BCUT2D eigenvalue weighted by molar-refractivity contribution is 0.542. The lowest BCUT2D eigenvalue weighted by Gasteiger charge is -2.11. The van der Waals surface area contributed by atoms with Gasteiger partial charge in [-0.2, -0.15) is 0 Å². The maximum Gasteiger partial charge on any atom is 0.0950 e. The van der Waals surface area contributed by atoms with Crippen molar-refractivity contribution in [1.82, 2.24) is 9.97 Å². The van der Waals surface area contributed by atoms with Crippen LogP contribution in [0.15, 0.2) is 54.7 Å². The van der Waals surface area contributed by atoms with Crippen molar-refractivity contribution in [1.29, 1.82) is 0 Å². The average Bonchev–Trinajstić information content (AvgIpc) is 2.47. The molecule has 0 radical (unpaired) electrons. The van der Waals surface area contributed by atoms with E-state index in [4.69, 9.17) is 0 Å². The van der Waals surface area contributed by atoms with Gasteiger partial charge in [-0.3, -0.25) is 9.19 Å². The number of hydrogen-bond donors (Lipinski definition) is 1. The quantitative estimate of drug-likeness (QED) is 0.749. The second-order valence-electron chi connectivity index (χ2n) is 4.13. The van der Waals surface area contributed by atoms with Gasteiger partial charge in [0.1, 0.15) is 0 Å². The predicted molar refractivity (Wildman–Crippen MR) is 77.5 cm³/mol. The molecule has 1 aromatic carbocycles. The summed E-state index contributed by atoms with van der Waals surface area (Å²) in [6, 6.07) is 14.7. The molecule has 2 heterocycles. The largest absolute Gasteiger partial charge is 0.755 e. The third-order valence-electron chi connectivity index (χ3n) is 2.84. The minimum Gasteiger partial charge on any atom is -0.755 e. The van der Waals surface area contributed by atoms with Crippen molar-refractivity contribution in [2.75, 3.05) is 4.72 Å². The van der Waals surface area contributed by atoms with Gasteiger partial charge in [0.25, 0.3) is 0 Å². The minimum absolute atomic E-state index is 0.452. The van der Waals surface area contributed by atoms with Crippen molar-refractivity contribution in [3.05, 3.63) is 54.7 Å². The smallest absolute Gasteiger partial charge is 0.0950 e. The Kier molecular flexibility index (Phi) is 3.41. The van der Waals surface area contributed by atoms with Gasteiger partial charge >= 0.3 is 0 Å². The van der Waals surface area contributed by atoms with Gasteiger partial charge in [0.2, 0.25) is 0 Å². The Bertz CT molecular complexity index is 778. The van der Waals surface area contributed by atoms with E-state index in [1.165, 1.54) is 0 Å². The third-order valence-corrected chi connectivity index (χ3v) is 3.23. The van der Waals surface area contributed by atoms with Gasteiger partial charge in [0.15, 0.2) is 0 Å². The second kappa shape index (κ2) is 5.36. The summed E-state index contributed by atoms with van der Waals surface area (Å²) in [7, 11) is 0. The molecule has 6 heteroatoms. The molecule has 0 aliphatic carbocycles. The van der Waals surface area contributed by atoms with Crippen molar-refractivity contribution < 1.29 is 8.76 Å². The van der Waals surface area contributed by atoms with Crippen LogP contribution >= 0.6 is 0 Å². The van der Waals surface area contributed by atoms with Crippen LogP contribution in [0.25, 0.3) is 22.3 Å². The Morgan fingerprint density at radius 1 is 1.00 bits per heavy atom. The molecule has 3 aromatic rings. The van der Waals surface area contributed by atoms with E-state index >= 15 is 0 Å². The average molecular weight is 284 g/mol. The normalized spacial score (nSPS) is 12.2. The number of nitrogens with one attached hydrogen (secondary N) is 1. The molecule has 1 atom stereocenters. The van der Waals surface area contributed by atoms with Gasteiger partial charge in [-0.25, -0.2) is 4.98 Å². The topological polar surface area (TPSA) is 77.9 Å². The second-order valence-corrected chi connectivity index (χ2v) is 4.80. The zero-order chi connectivity index (χ0) is 13.9. The number of rotatable bonds is 3. The highest BCUT2D eigenvalue weighted by molar-refractivity contribution is 7.80. The maximum absolute atomic E-state index is 10.8. The first kappa shape index (κ1) is 12.7. The van der Waals surface area contributed by atoms with Gasteiger partial charge in [-0.15, -0.1) is 0 Å². The Labute approximate surface area is 118 Å². The fourth-order valence-electron chi connectivity index (χ4n) is 1.98. The Morgan fingerprint density at radius 3 is 2.65 bits per heavy atom. The van der Waals surface area contributed by atoms with Crippen LogP contribution in [0.3, 0.4) is 0 Å². The first-order valence-electron chi connectivity index (χ1n) is 5.91. The monoisotopic (exact) mass is 284 g/mol. The summed E-state index contributed by atoms with van der Waals surface area (Å²) in [5, 5.41) is 0.861. The zero-order valence-corrected chi connectivity index (χ0v) is 11.1. The lowest BCUT2D eigenvalue weighted by atomic mass is 10.1. The standard InChI is InChI=1S/C14H11N3O2S/c18-20(19)17-13-6-3-4-10-7-8-12(16-14(10)13)11-5-1-2-9-15-11/h1-9,17H,(H,18,19)/p-1. The van der Waals surface area contributed by atoms with Crippen LogP contribution in [0, 0.1) is 0 Å². The van der Waals surface area contributed by atoms with Crippen LogP contribution < -0.4 is 4.72 Å². The highest BCUT2D eigenvalue weighted by Gasteiger charge is 2.06. The SMILES string of the molecule is O=S([O-])Nc1cccc2ccc(-c3ccccn3)nc12. The summed E-state index contributed by atoms with van der Waals surface area (Å²) in [6.45, 7) is 0. The van der Waals surface area contributed by atoms with Crippen LogP contribution in [0.5, 0.6) is 0 Å². The molecule has 0 saturated carbocycles. The summed E-state index contributed by atoms with van der Waals surface area (Å²) in [4.78, 5) is 8.74. The Hall–Kier alpha value is -2.31. The summed E-state index contributed by atoms with van der Waals surface area (Å²) >= 11 is -2.38. The number of para-hydroxylation sites is 1. The molecule has 1 N–H and O–H groups in total. The first-order valence-corrected chi connectivity index (χ1v) is 6.98. The van der Waals surface area contributed by atoms with E-state index in [-0.39, 0.29) is 0 Å². The molecule has 2 aromatic heterocycles. The van der Waals surface area contributed by atoms with E-state index in [0.29, 0.717) is 16.9 Å². The highest BCUT2D eigenvalue weighted by Crippen LogP contribution is 2.25. The minimum atomic E-state index is -2.38. The highest BCUT2D eigenvalue weighted by atomic mass is 32.2. The van der Waals surface area contributed by atoms with Crippen molar-refractivity contribution in [2.45, 2.75) is 0 Å². The molecular weight excluding hydrogens is 274 g/mol. The number of hydrogen-bond acceptors (Lipinski definition) is 4. The van der Waals surface area contributed by atoms with Gasteiger partial charge in [0.05, 0.1) is 22.6 Å². The fraction of sp³-hybridized carbons (Fsp3) is 0. The van der Waals surface area contributed by atoms with Crippen molar-refractivity contribution in [2.24, 2.45) is 0 Å².